The Morgan fingerprint density at radius 2 is 2.13 bits per heavy atom. The van der Waals surface area contributed by atoms with Gasteiger partial charge in [-0.1, -0.05) is 36.4 Å². The summed E-state index contributed by atoms with van der Waals surface area (Å²) < 4.78 is 5.24. The molecule has 0 radical (unpaired) electrons. The number of carbonyl (C=O) groups excluding carboxylic acids is 1. The van der Waals surface area contributed by atoms with Crippen molar-refractivity contribution >= 4 is 6.09 Å². The van der Waals surface area contributed by atoms with Crippen molar-refractivity contribution in [2.75, 3.05) is 13.2 Å². The summed E-state index contributed by atoms with van der Waals surface area (Å²) in [7, 11) is 0. The number of hydrogen-bond acceptors (Lipinski definition) is 4. The molecule has 2 heterocycles. The molecule has 120 valence electrons. The molecule has 1 unspecified atom stereocenters. The fourth-order valence-corrected chi connectivity index (χ4v) is 2.91. The zero-order chi connectivity index (χ0) is 15.9. The number of aromatic nitrogens is 1. The van der Waals surface area contributed by atoms with Crippen LogP contribution in [0.15, 0.2) is 54.9 Å². The lowest BCUT2D eigenvalue weighted by molar-refractivity contribution is 0.129. The molecule has 2 aromatic rings. The summed E-state index contributed by atoms with van der Waals surface area (Å²) in [5.74, 6) is 0. The fraction of sp³-hybridized carbons (Fsp3) is 0.333. The van der Waals surface area contributed by atoms with Crippen molar-refractivity contribution in [3.63, 3.8) is 0 Å². The van der Waals surface area contributed by atoms with Crippen molar-refractivity contribution in [3.05, 3.63) is 66.0 Å². The highest BCUT2D eigenvalue weighted by Gasteiger charge is 2.26. The van der Waals surface area contributed by atoms with Gasteiger partial charge in [-0.3, -0.25) is 9.88 Å². The number of hydrogen-bond donors (Lipinski definition) is 1. The highest BCUT2D eigenvalue weighted by atomic mass is 16.5. The molecular weight excluding hydrogens is 290 g/mol. The number of benzene rings is 1. The van der Waals surface area contributed by atoms with Crippen molar-refractivity contribution in [2.24, 2.45) is 0 Å². The van der Waals surface area contributed by atoms with Crippen LogP contribution in [0.25, 0.3) is 0 Å². The number of carbonyl (C=O) groups is 1. The Morgan fingerprint density at radius 3 is 2.91 bits per heavy atom. The van der Waals surface area contributed by atoms with E-state index in [0.29, 0.717) is 19.3 Å². The number of nitrogens with one attached hydrogen (secondary N) is 1. The average molecular weight is 311 g/mol. The Kier molecular flexibility index (Phi) is 5.21. The zero-order valence-electron chi connectivity index (χ0n) is 13.0. The summed E-state index contributed by atoms with van der Waals surface area (Å²) in [6, 6.07) is 14.0. The molecule has 0 saturated carbocycles. The van der Waals surface area contributed by atoms with E-state index in [-0.39, 0.29) is 6.09 Å². The first kappa shape index (κ1) is 15.5. The van der Waals surface area contributed by atoms with Crippen molar-refractivity contribution in [2.45, 2.75) is 25.5 Å². The molecule has 1 aromatic carbocycles. The molecule has 1 saturated heterocycles. The van der Waals surface area contributed by atoms with E-state index in [0.717, 1.165) is 24.9 Å². The molecule has 1 N–H and O–H groups in total. The van der Waals surface area contributed by atoms with Crippen molar-refractivity contribution in [3.8, 4) is 0 Å². The van der Waals surface area contributed by atoms with Gasteiger partial charge in [-0.05, 0) is 30.0 Å². The second kappa shape index (κ2) is 7.74. The standard InChI is InChI=1S/C18H21N3O2/c22-18(23-13-15-6-2-1-3-7-15)20-14-21-11-5-9-17(21)16-8-4-10-19-12-16/h1-4,6-8,10,12,17H,5,9,11,13-14H2,(H,20,22). The molecule has 1 fully saturated rings. The molecule has 5 heteroatoms. The Hall–Kier alpha value is -2.40. The van der Waals surface area contributed by atoms with E-state index in [4.69, 9.17) is 4.74 Å². The second-order valence-corrected chi connectivity index (χ2v) is 5.65. The molecule has 3 rings (SSSR count). The summed E-state index contributed by atoms with van der Waals surface area (Å²) in [5, 5.41) is 2.84. The maximum Gasteiger partial charge on any atom is 0.408 e. The van der Waals surface area contributed by atoms with Crippen LogP contribution in [0.5, 0.6) is 0 Å². The first-order valence-electron chi connectivity index (χ1n) is 7.91. The van der Waals surface area contributed by atoms with Gasteiger partial charge in [0, 0.05) is 25.0 Å². The lowest BCUT2D eigenvalue weighted by Crippen LogP contribution is -2.37. The van der Waals surface area contributed by atoms with Crippen LogP contribution in [-0.4, -0.2) is 29.2 Å². The second-order valence-electron chi connectivity index (χ2n) is 5.65. The van der Waals surface area contributed by atoms with Crippen LogP contribution < -0.4 is 5.32 Å². The van der Waals surface area contributed by atoms with Crippen molar-refractivity contribution in [1.29, 1.82) is 0 Å². The van der Waals surface area contributed by atoms with E-state index in [1.807, 2.05) is 42.6 Å². The topological polar surface area (TPSA) is 54.5 Å². The minimum Gasteiger partial charge on any atom is -0.445 e. The van der Waals surface area contributed by atoms with Gasteiger partial charge in [0.1, 0.15) is 6.61 Å². The van der Waals surface area contributed by atoms with E-state index < -0.39 is 0 Å². The SMILES string of the molecule is O=C(NCN1CCCC1c1cccnc1)OCc1ccccc1. The van der Waals surface area contributed by atoms with Gasteiger partial charge in [0.25, 0.3) is 0 Å². The molecule has 1 amide bonds. The van der Waals surface area contributed by atoms with Gasteiger partial charge in [0.05, 0.1) is 6.67 Å². The number of nitrogens with zero attached hydrogens (tertiary/aromatic N) is 2. The third-order valence-electron chi connectivity index (χ3n) is 4.07. The average Bonchev–Trinajstić information content (AvgIpc) is 3.08. The van der Waals surface area contributed by atoms with Crippen LogP contribution in [0.1, 0.15) is 30.0 Å². The Balaban J connectivity index is 1.46. The van der Waals surface area contributed by atoms with E-state index >= 15 is 0 Å². The number of alkyl carbamates (subject to hydrolysis) is 1. The van der Waals surface area contributed by atoms with Gasteiger partial charge in [0.15, 0.2) is 0 Å². The number of pyridine rings is 1. The maximum absolute atomic E-state index is 11.8. The molecule has 0 spiro atoms. The Labute approximate surface area is 136 Å². The normalized spacial score (nSPS) is 17.8. The number of ether oxygens (including phenoxy) is 1. The smallest absolute Gasteiger partial charge is 0.408 e. The lowest BCUT2D eigenvalue weighted by atomic mass is 10.1. The summed E-state index contributed by atoms with van der Waals surface area (Å²) in [5.41, 5.74) is 2.18. The van der Waals surface area contributed by atoms with Crippen LogP contribution in [0, 0.1) is 0 Å². The van der Waals surface area contributed by atoms with Gasteiger partial charge in [-0.2, -0.15) is 0 Å². The predicted octanol–water partition coefficient (Wildman–Crippen LogP) is 3.10. The quantitative estimate of drug-likeness (QED) is 0.922. The largest absolute Gasteiger partial charge is 0.445 e. The van der Waals surface area contributed by atoms with Gasteiger partial charge in [-0.15, -0.1) is 0 Å². The first-order valence-corrected chi connectivity index (χ1v) is 7.91. The van der Waals surface area contributed by atoms with E-state index in [9.17, 15) is 4.79 Å². The summed E-state index contributed by atoms with van der Waals surface area (Å²) in [4.78, 5) is 18.3. The molecule has 23 heavy (non-hydrogen) atoms. The van der Waals surface area contributed by atoms with Crippen LogP contribution in [0.4, 0.5) is 4.79 Å². The van der Waals surface area contributed by atoms with Gasteiger partial charge in [0.2, 0.25) is 0 Å². The van der Waals surface area contributed by atoms with E-state index in [1.54, 1.807) is 6.20 Å². The van der Waals surface area contributed by atoms with Crippen LogP contribution in [0.2, 0.25) is 0 Å². The molecule has 1 aliphatic rings. The molecule has 0 aliphatic carbocycles. The number of amides is 1. The Bertz CT molecular complexity index is 619. The molecule has 1 atom stereocenters. The van der Waals surface area contributed by atoms with E-state index in [2.05, 4.69) is 21.3 Å². The third kappa shape index (κ3) is 4.29. The first-order chi connectivity index (χ1) is 11.3. The van der Waals surface area contributed by atoms with Crippen molar-refractivity contribution < 1.29 is 9.53 Å². The van der Waals surface area contributed by atoms with Gasteiger partial charge in [-0.25, -0.2) is 4.79 Å². The molecule has 1 aromatic heterocycles. The predicted molar refractivity (Wildman–Crippen MR) is 87.5 cm³/mol. The fourth-order valence-electron chi connectivity index (χ4n) is 2.91. The lowest BCUT2D eigenvalue weighted by Gasteiger charge is -2.24. The number of likely N-dealkylation sites (tertiary alicyclic amines) is 1. The summed E-state index contributed by atoms with van der Waals surface area (Å²) in [6.07, 6.45) is 5.51. The Morgan fingerprint density at radius 1 is 1.26 bits per heavy atom. The summed E-state index contributed by atoms with van der Waals surface area (Å²) >= 11 is 0. The number of rotatable bonds is 5. The minimum absolute atomic E-state index is 0.290. The van der Waals surface area contributed by atoms with Crippen LogP contribution in [-0.2, 0) is 11.3 Å². The zero-order valence-corrected chi connectivity index (χ0v) is 13.0. The third-order valence-corrected chi connectivity index (χ3v) is 4.07. The monoisotopic (exact) mass is 311 g/mol. The highest BCUT2D eigenvalue weighted by molar-refractivity contribution is 5.67. The highest BCUT2D eigenvalue weighted by Crippen LogP contribution is 2.30. The van der Waals surface area contributed by atoms with Crippen LogP contribution >= 0.6 is 0 Å². The molecule has 1 aliphatic heterocycles. The van der Waals surface area contributed by atoms with E-state index in [1.165, 1.54) is 5.56 Å². The van der Waals surface area contributed by atoms with Gasteiger partial charge < -0.3 is 10.1 Å². The summed E-state index contributed by atoms with van der Waals surface area (Å²) in [6.45, 7) is 1.75. The molecule has 0 bridgehead atoms. The van der Waals surface area contributed by atoms with Crippen molar-refractivity contribution in [1.82, 2.24) is 15.2 Å². The van der Waals surface area contributed by atoms with Gasteiger partial charge >= 0.3 is 6.09 Å². The molecular formula is C18H21N3O2. The maximum atomic E-state index is 11.8. The van der Waals surface area contributed by atoms with Crippen LogP contribution in [0.3, 0.4) is 0 Å². The minimum atomic E-state index is -0.384. The molecule has 5 nitrogen and oxygen atoms in total.